The Kier molecular flexibility index (Phi) is 10.6. The van der Waals surface area contributed by atoms with E-state index in [1.54, 1.807) is 0 Å². The fourth-order valence-electron chi connectivity index (χ4n) is 9.73. The standard InChI is InChI=1S/C64H60N2/c1-41-11-27-49(28-12-41)65(50-29-13-42(2)14-30-50)59-39-57(45-19-23-47(24-20-45)63(5,6)7)53-36-38-56-60(66(51-31-15-43(3)16-32-51)52-33-17-44(4)18-34-52)40-58(54-35-37-55(59)61(53)62(54)56)46-21-25-48(26-22-46)64(8,9)10/h11-40H,1-10H3. The molecule has 0 saturated heterocycles. The van der Waals surface area contributed by atoms with Crippen LogP contribution in [0.25, 0.3) is 54.6 Å². The Morgan fingerprint density at radius 1 is 0.288 bits per heavy atom. The number of nitrogens with zero attached hydrogens (tertiary/aromatic N) is 2. The maximum Gasteiger partial charge on any atom is 0.0546 e. The molecular formula is C64H60N2. The average molecular weight is 857 g/mol. The van der Waals surface area contributed by atoms with E-state index in [9.17, 15) is 0 Å². The zero-order valence-corrected chi connectivity index (χ0v) is 40.2. The molecule has 66 heavy (non-hydrogen) atoms. The van der Waals surface area contributed by atoms with Crippen molar-refractivity contribution in [2.45, 2.75) is 80.1 Å². The first-order chi connectivity index (χ1) is 31.6. The van der Waals surface area contributed by atoms with Crippen LogP contribution in [0.4, 0.5) is 34.1 Å². The molecule has 0 aliphatic heterocycles. The van der Waals surface area contributed by atoms with Gasteiger partial charge in [0, 0.05) is 44.3 Å². The quantitative estimate of drug-likeness (QED) is 0.141. The smallest absolute Gasteiger partial charge is 0.0546 e. The Bertz CT molecular complexity index is 3020. The molecule has 0 saturated carbocycles. The lowest BCUT2D eigenvalue weighted by Crippen LogP contribution is -2.12. The van der Waals surface area contributed by atoms with Crippen LogP contribution in [0.15, 0.2) is 182 Å². The maximum atomic E-state index is 2.47. The van der Waals surface area contributed by atoms with Crippen molar-refractivity contribution in [2.75, 3.05) is 9.80 Å². The Hall–Kier alpha value is -7.16. The van der Waals surface area contributed by atoms with Gasteiger partial charge in [-0.1, -0.05) is 185 Å². The summed E-state index contributed by atoms with van der Waals surface area (Å²) in [4.78, 5) is 4.94. The van der Waals surface area contributed by atoms with E-state index < -0.39 is 0 Å². The fourth-order valence-corrected chi connectivity index (χ4v) is 9.73. The molecule has 326 valence electrons. The van der Waals surface area contributed by atoms with Crippen molar-refractivity contribution in [3.63, 3.8) is 0 Å². The summed E-state index contributed by atoms with van der Waals surface area (Å²) in [7, 11) is 0. The minimum absolute atomic E-state index is 0.0404. The molecule has 2 nitrogen and oxygen atoms in total. The molecule has 2 heteroatoms. The number of benzene rings is 10. The lowest BCUT2D eigenvalue weighted by Gasteiger charge is -2.31. The van der Waals surface area contributed by atoms with E-state index >= 15 is 0 Å². The zero-order chi connectivity index (χ0) is 46.1. The van der Waals surface area contributed by atoms with Crippen LogP contribution in [0.1, 0.15) is 74.9 Å². The SMILES string of the molecule is Cc1ccc(N(c2ccc(C)cc2)c2cc(-c3ccc(C(C)(C)C)cc3)c3ccc4c(N(c5ccc(C)cc5)c5ccc(C)cc5)cc(-c5ccc(C(C)(C)C)cc5)c5ccc2c3c54)cc1. The molecule has 10 aromatic carbocycles. The lowest BCUT2D eigenvalue weighted by atomic mass is 9.83. The zero-order valence-electron chi connectivity index (χ0n) is 40.2. The van der Waals surface area contributed by atoms with Crippen molar-refractivity contribution in [1.29, 1.82) is 0 Å². The highest BCUT2D eigenvalue weighted by molar-refractivity contribution is 6.32. The molecule has 0 aliphatic carbocycles. The first kappa shape index (κ1) is 42.8. The Morgan fingerprint density at radius 2 is 0.545 bits per heavy atom. The summed E-state index contributed by atoms with van der Waals surface area (Å²) in [5, 5.41) is 7.44. The van der Waals surface area contributed by atoms with Gasteiger partial charge in [0.2, 0.25) is 0 Å². The van der Waals surface area contributed by atoms with Gasteiger partial charge in [0.15, 0.2) is 0 Å². The molecular weight excluding hydrogens is 797 g/mol. The van der Waals surface area contributed by atoms with Gasteiger partial charge in [-0.25, -0.2) is 0 Å². The van der Waals surface area contributed by atoms with Crippen LogP contribution in [0.3, 0.4) is 0 Å². The van der Waals surface area contributed by atoms with Gasteiger partial charge in [-0.05, 0) is 143 Å². The van der Waals surface area contributed by atoms with Crippen molar-refractivity contribution >= 4 is 66.4 Å². The molecule has 0 bridgehead atoms. The van der Waals surface area contributed by atoms with Gasteiger partial charge >= 0.3 is 0 Å². The average Bonchev–Trinajstić information content (AvgIpc) is 3.30. The van der Waals surface area contributed by atoms with Gasteiger partial charge < -0.3 is 9.80 Å². The highest BCUT2D eigenvalue weighted by atomic mass is 15.1. The summed E-state index contributed by atoms with van der Waals surface area (Å²) in [5.74, 6) is 0. The van der Waals surface area contributed by atoms with Crippen molar-refractivity contribution in [1.82, 2.24) is 0 Å². The third kappa shape index (κ3) is 7.79. The normalized spacial score (nSPS) is 12.1. The van der Waals surface area contributed by atoms with Crippen molar-refractivity contribution < 1.29 is 0 Å². The van der Waals surface area contributed by atoms with E-state index in [1.165, 1.54) is 88.0 Å². The molecule has 0 atom stereocenters. The van der Waals surface area contributed by atoms with E-state index in [4.69, 9.17) is 0 Å². The summed E-state index contributed by atoms with van der Waals surface area (Å²) in [6, 6.07) is 69.1. The first-order valence-corrected chi connectivity index (χ1v) is 23.5. The number of hydrogen-bond donors (Lipinski definition) is 0. The van der Waals surface area contributed by atoms with Gasteiger partial charge in [0.25, 0.3) is 0 Å². The molecule has 0 aliphatic rings. The summed E-state index contributed by atoms with van der Waals surface area (Å²) >= 11 is 0. The summed E-state index contributed by atoms with van der Waals surface area (Å²) in [6.07, 6.45) is 0. The van der Waals surface area contributed by atoms with Crippen LogP contribution in [0.2, 0.25) is 0 Å². The van der Waals surface area contributed by atoms with Crippen molar-refractivity contribution in [3.05, 3.63) is 215 Å². The summed E-state index contributed by atoms with van der Waals surface area (Å²) < 4.78 is 0. The number of hydrogen-bond acceptors (Lipinski definition) is 2. The first-order valence-electron chi connectivity index (χ1n) is 23.5. The van der Waals surface area contributed by atoms with Gasteiger partial charge in [-0.2, -0.15) is 0 Å². The number of anilines is 6. The predicted molar refractivity (Wildman–Crippen MR) is 287 cm³/mol. The molecule has 10 rings (SSSR count). The third-order valence-corrected chi connectivity index (χ3v) is 13.6. The van der Waals surface area contributed by atoms with E-state index in [0.717, 1.165) is 34.1 Å². The second-order valence-electron chi connectivity index (χ2n) is 20.6. The molecule has 0 heterocycles. The second-order valence-corrected chi connectivity index (χ2v) is 20.6. The number of aryl methyl sites for hydroxylation is 4. The molecule has 10 aromatic rings. The third-order valence-electron chi connectivity index (χ3n) is 13.6. The van der Waals surface area contributed by atoms with Crippen molar-refractivity contribution in [3.8, 4) is 22.3 Å². The largest absolute Gasteiger partial charge is 0.310 e. The van der Waals surface area contributed by atoms with E-state index in [2.05, 4.69) is 261 Å². The van der Waals surface area contributed by atoms with Gasteiger partial charge in [0.1, 0.15) is 0 Å². The molecule has 0 radical (unpaired) electrons. The summed E-state index contributed by atoms with van der Waals surface area (Å²) in [6.45, 7) is 22.4. The Balaban J connectivity index is 1.37. The van der Waals surface area contributed by atoms with Gasteiger partial charge in [0.05, 0.1) is 11.4 Å². The molecule has 0 N–H and O–H groups in total. The maximum absolute atomic E-state index is 2.47. The molecule has 0 spiro atoms. The minimum Gasteiger partial charge on any atom is -0.310 e. The van der Waals surface area contributed by atoms with Gasteiger partial charge in [-0.3, -0.25) is 0 Å². The van der Waals surface area contributed by atoms with Crippen LogP contribution in [0.5, 0.6) is 0 Å². The van der Waals surface area contributed by atoms with Crippen LogP contribution in [-0.2, 0) is 10.8 Å². The van der Waals surface area contributed by atoms with Crippen LogP contribution < -0.4 is 9.80 Å². The van der Waals surface area contributed by atoms with E-state index in [-0.39, 0.29) is 10.8 Å². The monoisotopic (exact) mass is 856 g/mol. The minimum atomic E-state index is 0.0404. The Labute approximate surface area is 392 Å². The molecule has 0 unspecified atom stereocenters. The van der Waals surface area contributed by atoms with Crippen LogP contribution >= 0.6 is 0 Å². The van der Waals surface area contributed by atoms with Crippen molar-refractivity contribution in [2.24, 2.45) is 0 Å². The predicted octanol–water partition coefficient (Wildman–Crippen LogP) is 18.7. The van der Waals surface area contributed by atoms with Gasteiger partial charge in [-0.15, -0.1) is 0 Å². The lowest BCUT2D eigenvalue weighted by molar-refractivity contribution is 0.590. The van der Waals surface area contributed by atoms with E-state index in [1.807, 2.05) is 0 Å². The molecule has 0 amide bonds. The highest BCUT2D eigenvalue weighted by Gasteiger charge is 2.26. The van der Waals surface area contributed by atoms with E-state index in [0.29, 0.717) is 0 Å². The van der Waals surface area contributed by atoms with Crippen LogP contribution in [-0.4, -0.2) is 0 Å². The topological polar surface area (TPSA) is 6.48 Å². The van der Waals surface area contributed by atoms with Crippen LogP contribution in [0, 0.1) is 27.7 Å². The Morgan fingerprint density at radius 3 is 0.803 bits per heavy atom. The fraction of sp³-hybridized carbons (Fsp3) is 0.188. The molecule has 0 fully saturated rings. The second kappa shape index (κ2) is 16.4. The highest BCUT2D eigenvalue weighted by Crippen LogP contribution is 2.52. The number of rotatable bonds is 8. The molecule has 0 aromatic heterocycles. The summed E-state index contributed by atoms with van der Waals surface area (Å²) in [5.41, 5.74) is 19.3.